The fourth-order valence-electron chi connectivity index (χ4n) is 2.73. The van der Waals surface area contributed by atoms with E-state index in [1.807, 2.05) is 42.5 Å². The largest absolute Gasteiger partial charge is 0.495 e. The first kappa shape index (κ1) is 23.1. The SMILES string of the molecule is COc1ccc(Cl)cc1S(=O)(=O)N[C@H](C)C(=O)Nc1ccccc1Sc1ccccc1. The molecule has 0 radical (unpaired) electrons. The number of carbonyl (C=O) groups excluding carboxylic acids is 1. The monoisotopic (exact) mass is 476 g/mol. The van der Waals surface area contributed by atoms with Crippen LogP contribution in [-0.2, 0) is 14.8 Å². The van der Waals surface area contributed by atoms with Crippen LogP contribution in [0, 0.1) is 0 Å². The van der Waals surface area contributed by atoms with Crippen molar-refractivity contribution in [3.05, 3.63) is 77.8 Å². The molecule has 162 valence electrons. The zero-order chi connectivity index (χ0) is 22.4. The lowest BCUT2D eigenvalue weighted by Crippen LogP contribution is -2.41. The number of halogens is 1. The number of sulfonamides is 1. The van der Waals surface area contributed by atoms with Gasteiger partial charge in [-0.05, 0) is 49.4 Å². The van der Waals surface area contributed by atoms with Crippen molar-refractivity contribution in [2.24, 2.45) is 0 Å². The third-order valence-electron chi connectivity index (χ3n) is 4.26. The minimum absolute atomic E-state index is 0.133. The molecule has 1 atom stereocenters. The Morgan fingerprint density at radius 3 is 2.42 bits per heavy atom. The normalized spacial score (nSPS) is 12.2. The fraction of sp³-hybridized carbons (Fsp3) is 0.136. The number of amides is 1. The van der Waals surface area contributed by atoms with Gasteiger partial charge in [0.15, 0.2) is 0 Å². The van der Waals surface area contributed by atoms with Crippen molar-refractivity contribution < 1.29 is 17.9 Å². The van der Waals surface area contributed by atoms with E-state index in [0.29, 0.717) is 5.69 Å². The molecule has 0 aliphatic rings. The highest BCUT2D eigenvalue weighted by atomic mass is 35.5. The van der Waals surface area contributed by atoms with Crippen molar-refractivity contribution >= 4 is 45.0 Å². The van der Waals surface area contributed by atoms with Crippen molar-refractivity contribution in [3.63, 3.8) is 0 Å². The lowest BCUT2D eigenvalue weighted by Gasteiger charge is -2.17. The Morgan fingerprint density at radius 1 is 1.03 bits per heavy atom. The number of anilines is 1. The topological polar surface area (TPSA) is 84.5 Å². The smallest absolute Gasteiger partial charge is 0.245 e. The number of hydrogen-bond acceptors (Lipinski definition) is 5. The molecular formula is C22H21ClN2O4S2. The number of hydrogen-bond donors (Lipinski definition) is 2. The first-order valence-corrected chi connectivity index (χ1v) is 12.0. The third-order valence-corrected chi connectivity index (χ3v) is 7.14. The zero-order valence-corrected chi connectivity index (χ0v) is 19.2. The Kier molecular flexibility index (Phi) is 7.61. The summed E-state index contributed by atoms with van der Waals surface area (Å²) in [6.45, 7) is 1.47. The summed E-state index contributed by atoms with van der Waals surface area (Å²) >= 11 is 7.44. The highest BCUT2D eigenvalue weighted by molar-refractivity contribution is 7.99. The van der Waals surface area contributed by atoms with Crippen LogP contribution in [0.3, 0.4) is 0 Å². The van der Waals surface area contributed by atoms with Gasteiger partial charge in [-0.25, -0.2) is 8.42 Å². The zero-order valence-electron chi connectivity index (χ0n) is 16.8. The average Bonchev–Trinajstić information content (AvgIpc) is 2.75. The molecule has 0 aliphatic carbocycles. The number of benzene rings is 3. The van der Waals surface area contributed by atoms with Gasteiger partial charge in [0.1, 0.15) is 10.6 Å². The fourth-order valence-corrected chi connectivity index (χ4v) is 5.28. The Morgan fingerprint density at radius 2 is 1.71 bits per heavy atom. The molecule has 9 heteroatoms. The molecule has 0 aliphatic heterocycles. The molecule has 1 amide bonds. The van der Waals surface area contributed by atoms with Gasteiger partial charge in [0.2, 0.25) is 15.9 Å². The molecule has 3 aromatic carbocycles. The number of methoxy groups -OCH3 is 1. The minimum atomic E-state index is -4.05. The average molecular weight is 477 g/mol. The van der Waals surface area contributed by atoms with Gasteiger partial charge in [0.25, 0.3) is 0 Å². The number of nitrogens with one attached hydrogen (secondary N) is 2. The molecule has 3 aromatic rings. The maximum Gasteiger partial charge on any atom is 0.245 e. The maximum atomic E-state index is 12.8. The van der Waals surface area contributed by atoms with Crippen LogP contribution in [0.2, 0.25) is 5.02 Å². The quantitative estimate of drug-likeness (QED) is 0.487. The van der Waals surface area contributed by atoms with Gasteiger partial charge < -0.3 is 10.1 Å². The third kappa shape index (κ3) is 6.01. The molecule has 0 unspecified atom stereocenters. The van der Waals surface area contributed by atoms with Crippen LogP contribution in [0.5, 0.6) is 5.75 Å². The van der Waals surface area contributed by atoms with Crippen molar-refractivity contribution in [1.29, 1.82) is 0 Å². The summed E-state index contributed by atoms with van der Waals surface area (Å²) in [5, 5.41) is 3.04. The van der Waals surface area contributed by atoms with Gasteiger partial charge in [-0.15, -0.1) is 0 Å². The van der Waals surface area contributed by atoms with Crippen molar-refractivity contribution in [2.75, 3.05) is 12.4 Å². The van der Waals surface area contributed by atoms with Crippen molar-refractivity contribution in [3.8, 4) is 5.75 Å². The minimum Gasteiger partial charge on any atom is -0.495 e. The molecule has 2 N–H and O–H groups in total. The Labute approximate surface area is 191 Å². The molecule has 0 bridgehead atoms. The van der Waals surface area contributed by atoms with Crippen LogP contribution in [0.15, 0.2) is 87.5 Å². The standard InChI is InChI=1S/C22H21ClN2O4S2/c1-15(25-31(27,28)21-14-16(23)12-13-19(21)29-2)22(26)24-18-10-6-7-11-20(18)30-17-8-4-3-5-9-17/h3-15,25H,1-2H3,(H,24,26)/t15-/m1/s1. The highest BCUT2D eigenvalue weighted by Gasteiger charge is 2.25. The summed E-state index contributed by atoms with van der Waals surface area (Å²) in [5.74, 6) is -0.361. The molecule has 0 heterocycles. The summed E-state index contributed by atoms with van der Waals surface area (Å²) < 4.78 is 33.1. The first-order valence-electron chi connectivity index (χ1n) is 9.29. The van der Waals surface area contributed by atoms with E-state index < -0.39 is 22.0 Å². The maximum absolute atomic E-state index is 12.8. The molecule has 0 spiro atoms. The van der Waals surface area contributed by atoms with E-state index in [-0.39, 0.29) is 15.7 Å². The number of rotatable bonds is 8. The van der Waals surface area contributed by atoms with E-state index in [0.717, 1.165) is 9.79 Å². The van der Waals surface area contributed by atoms with Crippen LogP contribution in [0.4, 0.5) is 5.69 Å². The molecule has 0 aromatic heterocycles. The second kappa shape index (κ2) is 10.2. The summed E-state index contributed by atoms with van der Waals surface area (Å²) in [6, 6.07) is 20.3. The summed E-state index contributed by atoms with van der Waals surface area (Å²) in [5.41, 5.74) is 0.590. The van der Waals surface area contributed by atoms with Gasteiger partial charge in [0, 0.05) is 14.8 Å². The van der Waals surface area contributed by atoms with E-state index in [4.69, 9.17) is 16.3 Å². The second-order valence-corrected chi connectivity index (χ2v) is 9.77. The summed E-state index contributed by atoms with van der Waals surface area (Å²) in [4.78, 5) is 14.5. The van der Waals surface area contributed by atoms with Crippen LogP contribution < -0.4 is 14.8 Å². The van der Waals surface area contributed by atoms with Crippen LogP contribution in [-0.4, -0.2) is 27.5 Å². The first-order chi connectivity index (χ1) is 14.8. The van der Waals surface area contributed by atoms with Gasteiger partial charge in [-0.2, -0.15) is 4.72 Å². The summed E-state index contributed by atoms with van der Waals surface area (Å²) in [7, 11) is -2.69. The number of ether oxygens (including phenoxy) is 1. The predicted molar refractivity (Wildman–Crippen MR) is 123 cm³/mol. The van der Waals surface area contributed by atoms with E-state index in [1.165, 1.54) is 44.0 Å². The van der Waals surface area contributed by atoms with Crippen LogP contribution in [0.25, 0.3) is 0 Å². The second-order valence-electron chi connectivity index (χ2n) is 6.54. The van der Waals surface area contributed by atoms with Crippen molar-refractivity contribution in [2.45, 2.75) is 27.7 Å². The Balaban J connectivity index is 1.75. The lowest BCUT2D eigenvalue weighted by atomic mass is 10.3. The predicted octanol–water partition coefficient (Wildman–Crippen LogP) is 4.81. The number of para-hydroxylation sites is 1. The van der Waals surface area contributed by atoms with E-state index in [9.17, 15) is 13.2 Å². The lowest BCUT2D eigenvalue weighted by molar-refractivity contribution is -0.117. The Hall–Kier alpha value is -2.52. The van der Waals surface area contributed by atoms with Gasteiger partial charge in [-0.1, -0.05) is 53.7 Å². The van der Waals surface area contributed by atoms with E-state index >= 15 is 0 Å². The molecule has 3 rings (SSSR count). The molecule has 0 saturated heterocycles. The highest BCUT2D eigenvalue weighted by Crippen LogP contribution is 2.33. The van der Waals surface area contributed by atoms with Gasteiger partial charge >= 0.3 is 0 Å². The number of carbonyl (C=O) groups is 1. The van der Waals surface area contributed by atoms with Crippen LogP contribution >= 0.6 is 23.4 Å². The summed E-state index contributed by atoms with van der Waals surface area (Å²) in [6.07, 6.45) is 0. The van der Waals surface area contributed by atoms with E-state index in [2.05, 4.69) is 10.0 Å². The molecule has 0 fully saturated rings. The molecular weight excluding hydrogens is 456 g/mol. The van der Waals surface area contributed by atoms with Crippen molar-refractivity contribution in [1.82, 2.24) is 4.72 Å². The van der Waals surface area contributed by atoms with Gasteiger partial charge in [0.05, 0.1) is 18.8 Å². The van der Waals surface area contributed by atoms with Crippen LogP contribution in [0.1, 0.15) is 6.92 Å². The molecule has 31 heavy (non-hydrogen) atoms. The van der Waals surface area contributed by atoms with E-state index in [1.54, 1.807) is 12.1 Å². The Bertz CT molecular complexity index is 1170. The molecule has 0 saturated carbocycles. The van der Waals surface area contributed by atoms with Gasteiger partial charge in [-0.3, -0.25) is 4.79 Å². The molecule has 6 nitrogen and oxygen atoms in total.